The van der Waals surface area contributed by atoms with Crippen LogP contribution in [-0.4, -0.2) is 39.6 Å². The topological polar surface area (TPSA) is 36.9 Å². The van der Waals surface area contributed by atoms with Crippen molar-refractivity contribution in [2.75, 3.05) is 39.6 Å². The first-order valence-corrected chi connectivity index (χ1v) is 13.6. The summed E-state index contributed by atoms with van der Waals surface area (Å²) < 4.78 is 23.0. The molecule has 0 radical (unpaired) electrons. The maximum atomic E-state index is 6.24. The molecule has 3 aromatic carbocycles. The lowest BCUT2D eigenvalue weighted by Gasteiger charge is -2.25. The van der Waals surface area contributed by atoms with Gasteiger partial charge in [0, 0.05) is 23.0 Å². The number of ether oxygens (including phenoxy) is 4. The Balaban J connectivity index is 1.21. The zero-order valence-electron chi connectivity index (χ0n) is 21.2. The largest absolute Gasteiger partial charge is 0.493 e. The van der Waals surface area contributed by atoms with Crippen molar-refractivity contribution in [1.82, 2.24) is 0 Å². The molecule has 0 unspecified atom stereocenters. The summed E-state index contributed by atoms with van der Waals surface area (Å²) >= 11 is 0. The lowest BCUT2D eigenvalue weighted by molar-refractivity contribution is -0.0367. The van der Waals surface area contributed by atoms with Crippen LogP contribution in [-0.2, 0) is 9.47 Å². The van der Waals surface area contributed by atoms with Crippen molar-refractivity contribution in [3.63, 3.8) is 0 Å². The van der Waals surface area contributed by atoms with E-state index in [1.54, 1.807) is 0 Å². The van der Waals surface area contributed by atoms with Crippen LogP contribution in [0.25, 0.3) is 22.3 Å². The van der Waals surface area contributed by atoms with Crippen molar-refractivity contribution in [2.24, 2.45) is 11.8 Å². The number of hydrogen-bond acceptors (Lipinski definition) is 4. The summed E-state index contributed by atoms with van der Waals surface area (Å²) in [5.74, 6) is 3.41. The Morgan fingerprint density at radius 1 is 0.556 bits per heavy atom. The van der Waals surface area contributed by atoms with Gasteiger partial charge < -0.3 is 18.9 Å². The molecule has 2 saturated heterocycles. The molecule has 5 rings (SSSR count). The second-order valence-electron chi connectivity index (χ2n) is 10.1. The van der Waals surface area contributed by atoms with E-state index in [-0.39, 0.29) is 0 Å². The van der Waals surface area contributed by atoms with E-state index < -0.39 is 0 Å². The number of para-hydroxylation sites is 2. The smallest absolute Gasteiger partial charge is 0.127 e. The first kappa shape index (κ1) is 24.9. The van der Waals surface area contributed by atoms with Crippen LogP contribution in [0.2, 0.25) is 0 Å². The molecule has 3 aromatic rings. The Labute approximate surface area is 215 Å². The molecular formula is C32H38O4. The second kappa shape index (κ2) is 12.9. The van der Waals surface area contributed by atoms with E-state index in [0.29, 0.717) is 0 Å². The van der Waals surface area contributed by atoms with Crippen LogP contribution < -0.4 is 9.47 Å². The van der Waals surface area contributed by atoms with Crippen molar-refractivity contribution < 1.29 is 18.9 Å². The predicted molar refractivity (Wildman–Crippen MR) is 145 cm³/mol. The molecule has 36 heavy (non-hydrogen) atoms. The Bertz CT molecular complexity index is 1000. The molecule has 4 nitrogen and oxygen atoms in total. The van der Waals surface area contributed by atoms with Gasteiger partial charge in [-0.25, -0.2) is 0 Å². The van der Waals surface area contributed by atoms with Gasteiger partial charge in [0.25, 0.3) is 0 Å². The van der Waals surface area contributed by atoms with Gasteiger partial charge in [0.1, 0.15) is 11.5 Å². The average Bonchev–Trinajstić information content (AvgIpc) is 2.86. The molecule has 0 N–H and O–H groups in total. The Hall–Kier alpha value is -2.82. The summed E-state index contributed by atoms with van der Waals surface area (Å²) in [7, 11) is 0. The second-order valence-corrected chi connectivity index (χ2v) is 10.1. The van der Waals surface area contributed by atoms with E-state index in [2.05, 4.69) is 72.8 Å². The maximum absolute atomic E-state index is 6.24. The highest BCUT2D eigenvalue weighted by atomic mass is 16.5. The quantitative estimate of drug-likeness (QED) is 0.222. The number of hydrogen-bond donors (Lipinski definition) is 0. The molecule has 0 bridgehead atoms. The standard InChI is InChI=1S/C32H38O4/c1-3-16-31(35-18-7-5-10-25-21-33-22-25)29(14-1)27-12-9-13-28(20-27)30-15-2-4-17-32(30)36-19-8-6-11-26-23-34-24-26/h1-4,9,12-17,20,25-26H,5-8,10-11,18-19,21-24H2. The average molecular weight is 487 g/mol. The minimum absolute atomic E-state index is 0.745. The van der Waals surface area contributed by atoms with Crippen LogP contribution >= 0.6 is 0 Å². The van der Waals surface area contributed by atoms with Gasteiger partial charge in [-0.05, 0) is 67.9 Å². The molecule has 0 saturated carbocycles. The lowest BCUT2D eigenvalue weighted by Crippen LogP contribution is -2.27. The van der Waals surface area contributed by atoms with Crippen molar-refractivity contribution in [3.05, 3.63) is 72.8 Å². The summed E-state index contributed by atoms with van der Waals surface area (Å²) in [6, 6.07) is 25.4. The molecule has 0 spiro atoms. The van der Waals surface area contributed by atoms with E-state index in [0.717, 1.165) is 98.1 Å². The van der Waals surface area contributed by atoms with Crippen molar-refractivity contribution >= 4 is 0 Å². The number of rotatable bonds is 14. The first-order valence-electron chi connectivity index (χ1n) is 13.6. The van der Waals surface area contributed by atoms with Crippen molar-refractivity contribution in [2.45, 2.75) is 38.5 Å². The third-order valence-electron chi connectivity index (χ3n) is 7.20. The van der Waals surface area contributed by atoms with E-state index in [4.69, 9.17) is 18.9 Å². The summed E-state index contributed by atoms with van der Waals surface area (Å²) in [6.07, 6.45) is 7.01. The molecule has 190 valence electrons. The molecule has 2 aliphatic heterocycles. The molecule has 4 heteroatoms. The molecule has 0 atom stereocenters. The third kappa shape index (κ3) is 6.68. The maximum Gasteiger partial charge on any atom is 0.127 e. The lowest BCUT2D eigenvalue weighted by atomic mass is 9.98. The minimum atomic E-state index is 0.745. The van der Waals surface area contributed by atoms with Gasteiger partial charge in [0.15, 0.2) is 0 Å². The van der Waals surface area contributed by atoms with Gasteiger partial charge in [-0.3, -0.25) is 0 Å². The van der Waals surface area contributed by atoms with E-state index in [1.165, 1.54) is 25.7 Å². The summed E-state index contributed by atoms with van der Waals surface area (Å²) in [5, 5.41) is 0. The fourth-order valence-electron chi connectivity index (χ4n) is 4.85. The monoisotopic (exact) mass is 486 g/mol. The van der Waals surface area contributed by atoms with E-state index in [1.807, 2.05) is 0 Å². The number of benzene rings is 3. The number of unbranched alkanes of at least 4 members (excludes halogenated alkanes) is 2. The van der Waals surface area contributed by atoms with E-state index >= 15 is 0 Å². The third-order valence-corrected chi connectivity index (χ3v) is 7.20. The molecule has 0 aromatic heterocycles. The van der Waals surface area contributed by atoms with Crippen LogP contribution in [0.5, 0.6) is 11.5 Å². The normalized spacial score (nSPS) is 15.8. The minimum Gasteiger partial charge on any atom is -0.493 e. The van der Waals surface area contributed by atoms with Crippen molar-refractivity contribution in [1.29, 1.82) is 0 Å². The van der Waals surface area contributed by atoms with Crippen LogP contribution in [0.1, 0.15) is 38.5 Å². The fourth-order valence-corrected chi connectivity index (χ4v) is 4.85. The highest BCUT2D eigenvalue weighted by Gasteiger charge is 2.18. The van der Waals surface area contributed by atoms with Gasteiger partial charge in [0.05, 0.1) is 39.6 Å². The fraction of sp³-hybridized carbons (Fsp3) is 0.438. The zero-order chi connectivity index (χ0) is 24.4. The first-order chi connectivity index (χ1) is 17.9. The van der Waals surface area contributed by atoms with Crippen LogP contribution in [0.4, 0.5) is 0 Å². The SMILES string of the molecule is c1cc(-c2ccccc2OCCCCC2COC2)cc(-c2ccccc2OCCCCC2COC2)c1. The zero-order valence-corrected chi connectivity index (χ0v) is 21.2. The van der Waals surface area contributed by atoms with Crippen LogP contribution in [0.3, 0.4) is 0 Å². The Morgan fingerprint density at radius 2 is 1.03 bits per heavy atom. The summed E-state index contributed by atoms with van der Waals surface area (Å²) in [5.41, 5.74) is 4.58. The molecule has 2 heterocycles. The predicted octanol–water partition coefficient (Wildman–Crippen LogP) is 7.41. The highest BCUT2D eigenvalue weighted by molar-refractivity contribution is 5.78. The van der Waals surface area contributed by atoms with Crippen LogP contribution in [0.15, 0.2) is 72.8 Å². The van der Waals surface area contributed by atoms with Crippen LogP contribution in [0, 0.1) is 11.8 Å². The van der Waals surface area contributed by atoms with Gasteiger partial charge in [-0.15, -0.1) is 0 Å². The Morgan fingerprint density at radius 3 is 1.47 bits per heavy atom. The van der Waals surface area contributed by atoms with Gasteiger partial charge in [-0.1, -0.05) is 54.6 Å². The Kier molecular flexibility index (Phi) is 8.93. The summed E-state index contributed by atoms with van der Waals surface area (Å²) in [4.78, 5) is 0. The molecule has 0 amide bonds. The van der Waals surface area contributed by atoms with E-state index in [9.17, 15) is 0 Å². The van der Waals surface area contributed by atoms with Gasteiger partial charge >= 0.3 is 0 Å². The van der Waals surface area contributed by atoms with Gasteiger partial charge in [-0.2, -0.15) is 0 Å². The summed E-state index contributed by atoms with van der Waals surface area (Å²) in [6.45, 7) is 5.23. The molecule has 0 aliphatic carbocycles. The van der Waals surface area contributed by atoms with Gasteiger partial charge in [0.2, 0.25) is 0 Å². The van der Waals surface area contributed by atoms with Crippen molar-refractivity contribution in [3.8, 4) is 33.8 Å². The molecule has 2 fully saturated rings. The molecule has 2 aliphatic rings. The highest BCUT2D eigenvalue weighted by Crippen LogP contribution is 2.36. The molecular weight excluding hydrogens is 448 g/mol.